The Morgan fingerprint density at radius 1 is 1.05 bits per heavy atom. The van der Waals surface area contributed by atoms with E-state index in [-0.39, 0.29) is 28.1 Å². The molecule has 0 aliphatic rings. The molecule has 1 N–H and O–H groups in total. The molecule has 2 amide bonds. The number of ether oxygens (including phenoxy) is 1. The predicted molar refractivity (Wildman–Crippen MR) is 166 cm³/mol. The van der Waals surface area contributed by atoms with Crippen molar-refractivity contribution in [3.8, 4) is 5.75 Å². The van der Waals surface area contributed by atoms with E-state index in [1.165, 1.54) is 36.3 Å². The van der Waals surface area contributed by atoms with Crippen molar-refractivity contribution in [1.29, 1.82) is 0 Å². The molecular weight excluding hydrogens is 630 g/mol. The van der Waals surface area contributed by atoms with E-state index in [2.05, 4.69) is 21.2 Å². The lowest BCUT2D eigenvalue weighted by atomic mass is 10.1. The van der Waals surface area contributed by atoms with Gasteiger partial charge in [-0.2, -0.15) is 0 Å². The quantitative estimate of drug-likeness (QED) is 0.228. The molecule has 0 saturated heterocycles. The minimum atomic E-state index is -4.20. The van der Waals surface area contributed by atoms with E-state index in [9.17, 15) is 18.0 Å². The maximum atomic E-state index is 14.0. The van der Waals surface area contributed by atoms with Crippen LogP contribution in [0.3, 0.4) is 0 Å². The first-order valence-electron chi connectivity index (χ1n) is 13.2. The topological polar surface area (TPSA) is 96.0 Å². The Bertz CT molecular complexity index is 1450. The van der Waals surface area contributed by atoms with Gasteiger partial charge in [-0.1, -0.05) is 70.7 Å². The molecule has 8 nitrogen and oxygen atoms in total. The van der Waals surface area contributed by atoms with E-state index in [1.54, 1.807) is 25.1 Å². The number of rotatable bonds is 13. The fourth-order valence-electron chi connectivity index (χ4n) is 4.08. The molecule has 0 heterocycles. The SMILES string of the molecule is CCCCNC(=O)[C@@H](C)N(Cc1ccc(Br)cc1)C(=O)CN(c1ccc(OC)c(Cl)c1)S(=O)(=O)c1ccc(C)cc1. The zero-order valence-electron chi connectivity index (χ0n) is 23.6. The molecule has 220 valence electrons. The zero-order valence-corrected chi connectivity index (χ0v) is 26.7. The molecule has 3 aromatic carbocycles. The van der Waals surface area contributed by atoms with Gasteiger partial charge in [0.1, 0.15) is 18.3 Å². The Morgan fingerprint density at radius 2 is 1.71 bits per heavy atom. The Hall–Kier alpha value is -3.08. The van der Waals surface area contributed by atoms with Gasteiger partial charge < -0.3 is 15.0 Å². The minimum absolute atomic E-state index is 0.0210. The van der Waals surface area contributed by atoms with E-state index in [0.29, 0.717) is 12.3 Å². The van der Waals surface area contributed by atoms with Crippen LogP contribution in [0.1, 0.15) is 37.8 Å². The predicted octanol–water partition coefficient (Wildman–Crippen LogP) is 5.95. The molecule has 0 radical (unpaired) electrons. The Kier molecular flexibility index (Phi) is 11.6. The van der Waals surface area contributed by atoms with Crippen molar-refractivity contribution in [3.05, 3.63) is 87.4 Å². The Balaban J connectivity index is 2.03. The van der Waals surface area contributed by atoms with Gasteiger partial charge >= 0.3 is 0 Å². The van der Waals surface area contributed by atoms with Crippen LogP contribution in [-0.4, -0.2) is 51.4 Å². The monoisotopic (exact) mass is 663 g/mol. The van der Waals surface area contributed by atoms with Crippen molar-refractivity contribution < 1.29 is 22.7 Å². The lowest BCUT2D eigenvalue weighted by Crippen LogP contribution is -2.51. The third kappa shape index (κ3) is 8.47. The van der Waals surface area contributed by atoms with E-state index < -0.39 is 28.5 Å². The highest BCUT2D eigenvalue weighted by molar-refractivity contribution is 9.10. The molecule has 0 unspecified atom stereocenters. The number of nitrogens with zero attached hydrogens (tertiary/aromatic N) is 2. The number of halogens is 2. The molecule has 0 aliphatic carbocycles. The van der Waals surface area contributed by atoms with Gasteiger partial charge in [-0.05, 0) is 68.3 Å². The molecule has 1 atom stereocenters. The maximum Gasteiger partial charge on any atom is 0.264 e. The molecular formula is C30H35BrClN3O5S. The second-order valence-electron chi connectivity index (χ2n) is 9.61. The molecule has 0 saturated carbocycles. The number of amides is 2. The number of unbranched alkanes of at least 4 members (excludes halogenated alkanes) is 1. The van der Waals surface area contributed by atoms with E-state index in [1.807, 2.05) is 38.1 Å². The molecule has 41 heavy (non-hydrogen) atoms. The van der Waals surface area contributed by atoms with Crippen LogP contribution >= 0.6 is 27.5 Å². The summed E-state index contributed by atoms with van der Waals surface area (Å²) in [6.07, 6.45) is 1.71. The summed E-state index contributed by atoms with van der Waals surface area (Å²) in [4.78, 5) is 28.5. The number of anilines is 1. The number of nitrogens with one attached hydrogen (secondary N) is 1. The van der Waals surface area contributed by atoms with Crippen LogP contribution in [-0.2, 0) is 26.2 Å². The lowest BCUT2D eigenvalue weighted by molar-refractivity contribution is -0.139. The first-order chi connectivity index (χ1) is 19.5. The van der Waals surface area contributed by atoms with Crippen LogP contribution in [0.2, 0.25) is 5.02 Å². The summed E-state index contributed by atoms with van der Waals surface area (Å²) in [6, 6.07) is 17.4. The largest absolute Gasteiger partial charge is 0.495 e. The minimum Gasteiger partial charge on any atom is -0.495 e. The molecule has 3 rings (SSSR count). The van der Waals surface area contributed by atoms with Crippen LogP contribution in [0.25, 0.3) is 0 Å². The number of sulfonamides is 1. The summed E-state index contributed by atoms with van der Waals surface area (Å²) in [5, 5.41) is 3.07. The second-order valence-corrected chi connectivity index (χ2v) is 12.8. The van der Waals surface area contributed by atoms with Gasteiger partial charge in [-0.25, -0.2) is 8.42 Å². The Labute approximate surface area is 255 Å². The van der Waals surface area contributed by atoms with Gasteiger partial charge in [-0.15, -0.1) is 0 Å². The molecule has 0 aliphatic heterocycles. The summed E-state index contributed by atoms with van der Waals surface area (Å²) in [6.45, 7) is 5.55. The average molecular weight is 665 g/mol. The first kappa shape index (κ1) is 32.4. The van der Waals surface area contributed by atoms with Crippen molar-refractivity contribution in [2.24, 2.45) is 0 Å². The number of carbonyl (C=O) groups excluding carboxylic acids is 2. The lowest BCUT2D eigenvalue weighted by Gasteiger charge is -2.32. The van der Waals surface area contributed by atoms with Crippen molar-refractivity contribution in [2.45, 2.75) is 51.1 Å². The molecule has 0 bridgehead atoms. The van der Waals surface area contributed by atoms with Crippen LogP contribution in [0.4, 0.5) is 5.69 Å². The second kappa shape index (κ2) is 14.7. The highest BCUT2D eigenvalue weighted by Gasteiger charge is 2.32. The smallest absolute Gasteiger partial charge is 0.264 e. The zero-order chi connectivity index (χ0) is 30.2. The standard InChI is InChI=1S/C30H35BrClN3O5S/c1-5-6-17-33-30(37)22(3)34(19-23-9-11-24(31)12-10-23)29(36)20-35(25-13-16-28(40-4)27(32)18-25)41(38,39)26-14-7-21(2)8-15-26/h7-16,18,22H,5-6,17,19-20H2,1-4H3,(H,33,37)/t22-/m1/s1. The Morgan fingerprint density at radius 3 is 2.29 bits per heavy atom. The third-order valence-corrected chi connectivity index (χ3v) is 9.19. The van der Waals surface area contributed by atoms with Crippen LogP contribution in [0.15, 0.2) is 76.1 Å². The molecule has 3 aromatic rings. The van der Waals surface area contributed by atoms with E-state index in [0.717, 1.165) is 32.7 Å². The van der Waals surface area contributed by atoms with Crippen molar-refractivity contribution in [3.63, 3.8) is 0 Å². The molecule has 11 heteroatoms. The van der Waals surface area contributed by atoms with Crippen molar-refractivity contribution in [1.82, 2.24) is 10.2 Å². The number of hydrogen-bond donors (Lipinski definition) is 1. The summed E-state index contributed by atoms with van der Waals surface area (Å²) in [7, 11) is -2.74. The number of carbonyl (C=O) groups is 2. The van der Waals surface area contributed by atoms with Crippen LogP contribution < -0.4 is 14.4 Å². The normalized spacial score (nSPS) is 12.0. The molecule has 0 fully saturated rings. The summed E-state index contributed by atoms with van der Waals surface area (Å²) in [5.74, 6) is -0.498. The third-order valence-electron chi connectivity index (χ3n) is 6.57. The van der Waals surface area contributed by atoms with Gasteiger partial charge in [-0.3, -0.25) is 13.9 Å². The van der Waals surface area contributed by atoms with Gasteiger partial charge in [0.2, 0.25) is 11.8 Å². The summed E-state index contributed by atoms with van der Waals surface area (Å²) >= 11 is 9.78. The average Bonchev–Trinajstić information content (AvgIpc) is 2.95. The fraction of sp³-hybridized carbons (Fsp3) is 0.333. The van der Waals surface area contributed by atoms with Gasteiger partial charge in [0.05, 0.1) is 22.7 Å². The van der Waals surface area contributed by atoms with Gasteiger partial charge in [0.25, 0.3) is 10.0 Å². The summed E-state index contributed by atoms with van der Waals surface area (Å²) < 4.78 is 35.0. The number of hydrogen-bond acceptors (Lipinski definition) is 5. The van der Waals surface area contributed by atoms with Crippen LogP contribution in [0.5, 0.6) is 5.75 Å². The van der Waals surface area contributed by atoms with Crippen molar-refractivity contribution >= 4 is 55.1 Å². The van der Waals surface area contributed by atoms with Gasteiger partial charge in [0.15, 0.2) is 0 Å². The highest BCUT2D eigenvalue weighted by atomic mass is 79.9. The molecule has 0 aromatic heterocycles. The van der Waals surface area contributed by atoms with Gasteiger partial charge in [0, 0.05) is 17.6 Å². The number of methoxy groups -OCH3 is 1. The van der Waals surface area contributed by atoms with E-state index >= 15 is 0 Å². The fourth-order valence-corrected chi connectivity index (χ4v) is 6.00. The number of aryl methyl sites for hydroxylation is 1. The maximum absolute atomic E-state index is 14.0. The molecule has 0 spiro atoms. The first-order valence-corrected chi connectivity index (χ1v) is 15.8. The van der Waals surface area contributed by atoms with Crippen LogP contribution in [0, 0.1) is 6.92 Å². The van der Waals surface area contributed by atoms with E-state index in [4.69, 9.17) is 16.3 Å². The summed E-state index contributed by atoms with van der Waals surface area (Å²) in [5.41, 5.74) is 1.87. The number of benzene rings is 3. The highest BCUT2D eigenvalue weighted by Crippen LogP contribution is 2.32. The van der Waals surface area contributed by atoms with Crippen molar-refractivity contribution in [2.75, 3.05) is 24.5 Å².